The van der Waals surface area contributed by atoms with E-state index in [9.17, 15) is 9.18 Å². The number of aromatic amines is 1. The molecule has 2 atom stereocenters. The van der Waals surface area contributed by atoms with Gasteiger partial charge >= 0.3 is 0 Å². The van der Waals surface area contributed by atoms with Crippen molar-refractivity contribution in [3.8, 4) is 5.75 Å². The van der Waals surface area contributed by atoms with E-state index in [1.54, 1.807) is 13.2 Å². The number of fused-ring (bicyclic) bond motifs is 1. The molecular formula is C15H18FN3O2. The molecule has 1 fully saturated rings. The highest BCUT2D eigenvalue weighted by Crippen LogP contribution is 2.21. The minimum Gasteiger partial charge on any atom is -0.497 e. The van der Waals surface area contributed by atoms with Crippen LogP contribution in [0.2, 0.25) is 0 Å². The first-order chi connectivity index (χ1) is 10.2. The van der Waals surface area contributed by atoms with Gasteiger partial charge in [-0.1, -0.05) is 0 Å². The maximum Gasteiger partial charge on any atom is 0.267 e. The molecule has 0 spiro atoms. The average Bonchev–Trinajstić information content (AvgIpc) is 3.09. The Bertz CT molecular complexity index is 655. The summed E-state index contributed by atoms with van der Waals surface area (Å²) in [5, 5.41) is 6.78. The predicted octanol–water partition coefficient (Wildman–Crippen LogP) is 1.61. The molecule has 5 nitrogen and oxygen atoms in total. The fourth-order valence-corrected chi connectivity index (χ4v) is 2.60. The Morgan fingerprint density at radius 1 is 1.48 bits per heavy atom. The Kier molecular flexibility index (Phi) is 3.79. The van der Waals surface area contributed by atoms with E-state index in [2.05, 4.69) is 15.6 Å². The summed E-state index contributed by atoms with van der Waals surface area (Å²) in [6.07, 6.45) is -0.364. The van der Waals surface area contributed by atoms with Gasteiger partial charge < -0.3 is 20.4 Å². The molecule has 1 aromatic carbocycles. The van der Waals surface area contributed by atoms with E-state index in [-0.39, 0.29) is 11.9 Å². The standard InChI is InChI=1S/C15H18FN3O2/c1-21-12-2-3-13-9(4-12)5-14(19-13)15(20)18-8-11-6-10(16)7-17-11/h2-5,10-11,17,19H,6-8H2,1H3,(H,18,20)/t10-,11-/m0/s1. The van der Waals surface area contributed by atoms with E-state index in [0.29, 0.717) is 25.2 Å². The largest absolute Gasteiger partial charge is 0.497 e. The van der Waals surface area contributed by atoms with Crippen molar-refractivity contribution in [3.63, 3.8) is 0 Å². The third-order valence-electron chi connectivity index (χ3n) is 3.75. The van der Waals surface area contributed by atoms with Crippen molar-refractivity contribution in [2.75, 3.05) is 20.2 Å². The molecule has 112 valence electrons. The zero-order valence-corrected chi connectivity index (χ0v) is 11.8. The fraction of sp³-hybridized carbons (Fsp3) is 0.400. The van der Waals surface area contributed by atoms with Crippen LogP contribution in [-0.2, 0) is 0 Å². The quantitative estimate of drug-likeness (QED) is 0.801. The lowest BCUT2D eigenvalue weighted by Gasteiger charge is -2.10. The van der Waals surface area contributed by atoms with Gasteiger partial charge in [-0.05, 0) is 30.7 Å². The Morgan fingerprint density at radius 3 is 3.05 bits per heavy atom. The molecule has 2 heterocycles. The van der Waals surface area contributed by atoms with Crippen molar-refractivity contribution >= 4 is 16.8 Å². The number of rotatable bonds is 4. The van der Waals surface area contributed by atoms with Crippen LogP contribution in [0.15, 0.2) is 24.3 Å². The number of benzene rings is 1. The van der Waals surface area contributed by atoms with Gasteiger partial charge in [0.1, 0.15) is 17.6 Å². The molecule has 1 amide bonds. The van der Waals surface area contributed by atoms with Crippen molar-refractivity contribution < 1.29 is 13.9 Å². The SMILES string of the molecule is COc1ccc2[nH]c(C(=O)NC[C@@H]3C[C@H](F)CN3)cc2c1. The Morgan fingerprint density at radius 2 is 2.33 bits per heavy atom. The number of carbonyl (C=O) groups excluding carboxylic acids is 1. The monoisotopic (exact) mass is 291 g/mol. The minimum absolute atomic E-state index is 0.00780. The van der Waals surface area contributed by atoms with Crippen LogP contribution in [-0.4, -0.2) is 43.3 Å². The number of hydrogen-bond donors (Lipinski definition) is 3. The van der Waals surface area contributed by atoms with Crippen molar-refractivity contribution in [1.29, 1.82) is 0 Å². The molecule has 3 rings (SSSR count). The predicted molar refractivity (Wildman–Crippen MR) is 78.5 cm³/mol. The molecule has 21 heavy (non-hydrogen) atoms. The van der Waals surface area contributed by atoms with Crippen LogP contribution in [0.5, 0.6) is 5.75 Å². The first-order valence-corrected chi connectivity index (χ1v) is 6.98. The molecule has 1 aliphatic heterocycles. The summed E-state index contributed by atoms with van der Waals surface area (Å²) in [6.45, 7) is 0.796. The molecule has 0 saturated carbocycles. The lowest BCUT2D eigenvalue weighted by Crippen LogP contribution is -2.37. The maximum absolute atomic E-state index is 13.0. The second-order valence-corrected chi connectivity index (χ2v) is 5.28. The number of aromatic nitrogens is 1. The molecule has 0 bridgehead atoms. The van der Waals surface area contributed by atoms with Gasteiger partial charge in [0.05, 0.1) is 7.11 Å². The van der Waals surface area contributed by atoms with Crippen molar-refractivity contribution in [2.45, 2.75) is 18.6 Å². The molecule has 0 aliphatic carbocycles. The van der Waals surface area contributed by atoms with Gasteiger partial charge in [-0.2, -0.15) is 0 Å². The number of hydrogen-bond acceptors (Lipinski definition) is 3. The van der Waals surface area contributed by atoms with Crippen LogP contribution in [0, 0.1) is 0 Å². The summed E-state index contributed by atoms with van der Waals surface area (Å²) < 4.78 is 18.2. The molecule has 1 saturated heterocycles. The first-order valence-electron chi connectivity index (χ1n) is 6.98. The number of ether oxygens (including phenoxy) is 1. The van der Waals surface area contributed by atoms with E-state index < -0.39 is 6.17 Å². The molecule has 0 unspecified atom stereocenters. The van der Waals surface area contributed by atoms with Gasteiger partial charge in [-0.15, -0.1) is 0 Å². The lowest BCUT2D eigenvalue weighted by molar-refractivity contribution is 0.0946. The number of amides is 1. The van der Waals surface area contributed by atoms with E-state index in [4.69, 9.17) is 4.74 Å². The molecule has 6 heteroatoms. The Hall–Kier alpha value is -2.08. The highest BCUT2D eigenvalue weighted by Gasteiger charge is 2.23. The molecule has 3 N–H and O–H groups in total. The van der Waals surface area contributed by atoms with Gasteiger partial charge in [0, 0.05) is 30.0 Å². The van der Waals surface area contributed by atoms with Crippen LogP contribution in [0.1, 0.15) is 16.9 Å². The van der Waals surface area contributed by atoms with Crippen molar-refractivity contribution in [2.24, 2.45) is 0 Å². The number of halogens is 1. The molecule has 2 aromatic rings. The number of H-pyrrole nitrogens is 1. The van der Waals surface area contributed by atoms with E-state index in [1.807, 2.05) is 18.2 Å². The van der Waals surface area contributed by atoms with Crippen LogP contribution in [0.25, 0.3) is 10.9 Å². The van der Waals surface area contributed by atoms with E-state index in [0.717, 1.165) is 16.7 Å². The second-order valence-electron chi connectivity index (χ2n) is 5.28. The number of nitrogens with one attached hydrogen (secondary N) is 3. The number of carbonyl (C=O) groups is 1. The minimum atomic E-state index is -0.813. The number of alkyl halides is 1. The van der Waals surface area contributed by atoms with Crippen molar-refractivity contribution in [3.05, 3.63) is 30.0 Å². The average molecular weight is 291 g/mol. The van der Waals surface area contributed by atoms with Crippen LogP contribution in [0.4, 0.5) is 4.39 Å². The second kappa shape index (κ2) is 5.73. The molecular weight excluding hydrogens is 273 g/mol. The third-order valence-corrected chi connectivity index (χ3v) is 3.75. The summed E-state index contributed by atoms with van der Waals surface area (Å²) in [7, 11) is 1.61. The molecule has 1 aromatic heterocycles. The topological polar surface area (TPSA) is 66.2 Å². The summed E-state index contributed by atoms with van der Waals surface area (Å²) in [4.78, 5) is 15.2. The maximum atomic E-state index is 13.0. The summed E-state index contributed by atoms with van der Waals surface area (Å²) >= 11 is 0. The zero-order valence-electron chi connectivity index (χ0n) is 11.8. The summed E-state index contributed by atoms with van der Waals surface area (Å²) in [5.74, 6) is 0.562. The normalized spacial score (nSPS) is 21.6. The van der Waals surface area contributed by atoms with E-state index in [1.165, 1.54) is 0 Å². The summed E-state index contributed by atoms with van der Waals surface area (Å²) in [6, 6.07) is 7.37. The lowest BCUT2D eigenvalue weighted by atomic mass is 10.2. The fourth-order valence-electron chi connectivity index (χ4n) is 2.60. The van der Waals surface area contributed by atoms with Gasteiger partial charge in [0.15, 0.2) is 0 Å². The third kappa shape index (κ3) is 3.00. The van der Waals surface area contributed by atoms with E-state index >= 15 is 0 Å². The molecule has 1 aliphatic rings. The smallest absolute Gasteiger partial charge is 0.267 e. The highest BCUT2D eigenvalue weighted by molar-refractivity contribution is 5.98. The Labute approximate surface area is 121 Å². The van der Waals surface area contributed by atoms with Crippen LogP contribution in [0.3, 0.4) is 0 Å². The van der Waals surface area contributed by atoms with Crippen molar-refractivity contribution in [1.82, 2.24) is 15.6 Å². The summed E-state index contributed by atoms with van der Waals surface area (Å²) in [5.41, 5.74) is 1.37. The van der Waals surface area contributed by atoms with Crippen LogP contribution < -0.4 is 15.4 Å². The highest BCUT2D eigenvalue weighted by atomic mass is 19.1. The zero-order chi connectivity index (χ0) is 14.8. The Balaban J connectivity index is 1.66. The molecule has 0 radical (unpaired) electrons. The van der Waals surface area contributed by atoms with Gasteiger partial charge in [-0.25, -0.2) is 4.39 Å². The van der Waals surface area contributed by atoms with Gasteiger partial charge in [0.25, 0.3) is 5.91 Å². The van der Waals surface area contributed by atoms with Crippen LogP contribution >= 0.6 is 0 Å². The van der Waals surface area contributed by atoms with Gasteiger partial charge in [0.2, 0.25) is 0 Å². The number of methoxy groups -OCH3 is 1. The van der Waals surface area contributed by atoms with Gasteiger partial charge in [-0.3, -0.25) is 4.79 Å². The first kappa shape index (κ1) is 13.9.